The Labute approximate surface area is 164 Å². The Kier molecular flexibility index (Phi) is 6.40. The van der Waals surface area contributed by atoms with Gasteiger partial charge in [-0.15, -0.1) is 0 Å². The number of anilines is 2. The molecule has 9 heteroatoms. The van der Waals surface area contributed by atoms with Crippen LogP contribution < -0.4 is 9.62 Å². The van der Waals surface area contributed by atoms with E-state index < -0.39 is 26.9 Å². The maximum absolute atomic E-state index is 12.9. The lowest BCUT2D eigenvalue weighted by molar-refractivity contribution is -0.384. The summed E-state index contributed by atoms with van der Waals surface area (Å²) in [5, 5.41) is 13.6. The normalized spacial score (nSPS) is 12.3. The van der Waals surface area contributed by atoms with E-state index in [1.165, 1.54) is 18.2 Å². The number of hydrogen-bond acceptors (Lipinski definition) is 5. The number of amides is 1. The van der Waals surface area contributed by atoms with E-state index in [1.807, 2.05) is 6.92 Å². The van der Waals surface area contributed by atoms with E-state index >= 15 is 0 Å². The SMILES string of the molecule is CCC(C(=O)Nc1cc([N+](=O)[O-])ccc1C)N(c1ccc(C)cc1)S(C)(=O)=O. The molecule has 0 aliphatic heterocycles. The number of aryl methyl sites for hydroxylation is 2. The highest BCUT2D eigenvalue weighted by atomic mass is 32.2. The molecule has 8 nitrogen and oxygen atoms in total. The smallest absolute Gasteiger partial charge is 0.271 e. The lowest BCUT2D eigenvalue weighted by Crippen LogP contribution is -2.47. The zero-order valence-electron chi connectivity index (χ0n) is 16.2. The summed E-state index contributed by atoms with van der Waals surface area (Å²) in [6.45, 7) is 5.29. The molecule has 2 rings (SSSR count). The third kappa shape index (κ3) is 4.86. The maximum atomic E-state index is 12.9. The number of non-ortho nitro benzene ring substituents is 1. The molecule has 150 valence electrons. The Morgan fingerprint density at radius 2 is 1.79 bits per heavy atom. The molecule has 0 saturated carbocycles. The van der Waals surface area contributed by atoms with Gasteiger partial charge < -0.3 is 5.32 Å². The van der Waals surface area contributed by atoms with Crippen LogP contribution in [0.1, 0.15) is 24.5 Å². The fourth-order valence-corrected chi connectivity index (χ4v) is 4.04. The lowest BCUT2D eigenvalue weighted by Gasteiger charge is -2.30. The molecule has 1 unspecified atom stereocenters. The van der Waals surface area contributed by atoms with Gasteiger partial charge in [-0.25, -0.2) is 8.42 Å². The van der Waals surface area contributed by atoms with Crippen molar-refractivity contribution in [1.29, 1.82) is 0 Å². The van der Waals surface area contributed by atoms with Crippen molar-refractivity contribution >= 4 is 33.0 Å². The zero-order chi connectivity index (χ0) is 21.1. The van der Waals surface area contributed by atoms with Crippen molar-refractivity contribution in [3.8, 4) is 0 Å². The fraction of sp³-hybridized carbons (Fsp3) is 0.316. The minimum absolute atomic E-state index is 0.160. The molecule has 0 aliphatic rings. The molecule has 1 N–H and O–H groups in total. The summed E-state index contributed by atoms with van der Waals surface area (Å²) in [4.78, 5) is 23.4. The molecule has 0 heterocycles. The highest BCUT2D eigenvalue weighted by Crippen LogP contribution is 2.26. The van der Waals surface area contributed by atoms with Crippen molar-refractivity contribution in [2.45, 2.75) is 33.2 Å². The van der Waals surface area contributed by atoms with Crippen LogP contribution in [0.3, 0.4) is 0 Å². The Bertz CT molecular complexity index is 987. The van der Waals surface area contributed by atoms with Gasteiger partial charge in [-0.2, -0.15) is 0 Å². The van der Waals surface area contributed by atoms with Crippen LogP contribution in [0.15, 0.2) is 42.5 Å². The van der Waals surface area contributed by atoms with Gasteiger partial charge in [0.25, 0.3) is 5.69 Å². The van der Waals surface area contributed by atoms with Gasteiger partial charge in [0.2, 0.25) is 15.9 Å². The number of nitrogens with one attached hydrogen (secondary N) is 1. The summed E-state index contributed by atoms with van der Waals surface area (Å²) in [6.07, 6.45) is 1.27. The molecule has 0 aromatic heterocycles. The van der Waals surface area contributed by atoms with Crippen LogP contribution in [-0.4, -0.2) is 31.5 Å². The largest absolute Gasteiger partial charge is 0.324 e. The molecule has 1 atom stereocenters. The topological polar surface area (TPSA) is 110 Å². The second kappa shape index (κ2) is 8.39. The van der Waals surface area contributed by atoms with Gasteiger partial charge in [-0.05, 0) is 38.0 Å². The van der Waals surface area contributed by atoms with Crippen molar-refractivity contribution < 1.29 is 18.1 Å². The van der Waals surface area contributed by atoms with E-state index in [0.717, 1.165) is 16.1 Å². The highest BCUT2D eigenvalue weighted by Gasteiger charge is 2.31. The van der Waals surface area contributed by atoms with Gasteiger partial charge in [-0.3, -0.25) is 19.2 Å². The molecule has 2 aromatic rings. The van der Waals surface area contributed by atoms with Crippen molar-refractivity contribution in [3.05, 3.63) is 63.7 Å². The molecule has 2 aromatic carbocycles. The standard InChI is InChI=1S/C19H23N3O5S/c1-5-18(21(28(4,26)27)15-9-6-13(2)7-10-15)19(23)20-17-12-16(22(24)25)11-8-14(17)3/h6-12,18H,5H2,1-4H3,(H,20,23). The predicted molar refractivity (Wildman–Crippen MR) is 109 cm³/mol. The molecular weight excluding hydrogens is 382 g/mol. The number of nitro groups is 1. The summed E-state index contributed by atoms with van der Waals surface area (Å²) < 4.78 is 26.0. The molecule has 0 radical (unpaired) electrons. The predicted octanol–water partition coefficient (Wildman–Crippen LogP) is 3.39. The van der Waals surface area contributed by atoms with Crippen molar-refractivity contribution in [2.75, 3.05) is 15.9 Å². The van der Waals surface area contributed by atoms with Crippen LogP contribution in [0.4, 0.5) is 17.1 Å². The summed E-state index contributed by atoms with van der Waals surface area (Å²) in [5.74, 6) is -0.558. The Hall–Kier alpha value is -2.94. The summed E-state index contributed by atoms with van der Waals surface area (Å²) in [7, 11) is -3.75. The van der Waals surface area contributed by atoms with E-state index in [0.29, 0.717) is 11.3 Å². The summed E-state index contributed by atoms with van der Waals surface area (Å²) in [5.41, 5.74) is 2.09. The zero-order valence-corrected chi connectivity index (χ0v) is 17.0. The third-order valence-corrected chi connectivity index (χ3v) is 5.49. The first kappa shape index (κ1) is 21.4. The van der Waals surface area contributed by atoms with Crippen LogP contribution in [0, 0.1) is 24.0 Å². The van der Waals surface area contributed by atoms with Gasteiger partial charge in [0.15, 0.2) is 0 Å². The Balaban J connectivity index is 2.41. The fourth-order valence-electron chi connectivity index (χ4n) is 2.83. The number of carbonyl (C=O) groups is 1. The van der Waals surface area contributed by atoms with Crippen molar-refractivity contribution in [3.63, 3.8) is 0 Å². The Morgan fingerprint density at radius 3 is 2.29 bits per heavy atom. The quantitative estimate of drug-likeness (QED) is 0.561. The maximum Gasteiger partial charge on any atom is 0.271 e. The average molecular weight is 405 g/mol. The average Bonchev–Trinajstić information content (AvgIpc) is 2.61. The van der Waals surface area contributed by atoms with E-state index in [2.05, 4.69) is 5.32 Å². The summed E-state index contributed by atoms with van der Waals surface area (Å²) >= 11 is 0. The molecule has 0 saturated heterocycles. The highest BCUT2D eigenvalue weighted by molar-refractivity contribution is 7.92. The minimum atomic E-state index is -3.75. The van der Waals surface area contributed by atoms with Crippen LogP contribution in [0.5, 0.6) is 0 Å². The van der Waals surface area contributed by atoms with E-state index in [1.54, 1.807) is 38.1 Å². The molecular formula is C19H23N3O5S. The first-order valence-corrected chi connectivity index (χ1v) is 10.5. The number of nitrogens with zero attached hydrogens (tertiary/aromatic N) is 2. The first-order valence-electron chi connectivity index (χ1n) is 8.66. The number of nitro benzene ring substituents is 1. The van der Waals surface area contributed by atoms with E-state index in [4.69, 9.17) is 0 Å². The van der Waals surface area contributed by atoms with Gasteiger partial charge in [-0.1, -0.05) is 30.7 Å². The van der Waals surface area contributed by atoms with Gasteiger partial charge in [0.1, 0.15) is 6.04 Å². The van der Waals surface area contributed by atoms with Crippen LogP contribution in [0.25, 0.3) is 0 Å². The van der Waals surface area contributed by atoms with E-state index in [-0.39, 0.29) is 17.8 Å². The van der Waals surface area contributed by atoms with E-state index in [9.17, 15) is 23.3 Å². The second-order valence-corrected chi connectivity index (χ2v) is 8.42. The molecule has 0 bridgehead atoms. The molecule has 0 aliphatic carbocycles. The second-order valence-electron chi connectivity index (χ2n) is 6.56. The number of benzene rings is 2. The van der Waals surface area contributed by atoms with Gasteiger partial charge in [0, 0.05) is 12.1 Å². The number of carbonyl (C=O) groups excluding carboxylic acids is 1. The van der Waals surface area contributed by atoms with Gasteiger partial charge in [0.05, 0.1) is 22.6 Å². The molecule has 28 heavy (non-hydrogen) atoms. The lowest BCUT2D eigenvalue weighted by atomic mass is 10.1. The third-order valence-electron chi connectivity index (χ3n) is 4.31. The molecule has 1 amide bonds. The number of rotatable bonds is 7. The van der Waals surface area contributed by atoms with Gasteiger partial charge >= 0.3 is 0 Å². The van der Waals surface area contributed by atoms with Crippen molar-refractivity contribution in [1.82, 2.24) is 0 Å². The molecule has 0 fully saturated rings. The number of sulfonamides is 1. The monoisotopic (exact) mass is 405 g/mol. The minimum Gasteiger partial charge on any atom is -0.324 e. The molecule has 0 spiro atoms. The summed E-state index contributed by atoms with van der Waals surface area (Å²) in [6, 6.07) is 9.95. The van der Waals surface area contributed by atoms with Crippen molar-refractivity contribution in [2.24, 2.45) is 0 Å². The van der Waals surface area contributed by atoms with Crippen LogP contribution >= 0.6 is 0 Å². The number of hydrogen-bond donors (Lipinski definition) is 1. The Morgan fingerprint density at radius 1 is 1.18 bits per heavy atom. The van der Waals surface area contributed by atoms with Crippen LogP contribution in [0.2, 0.25) is 0 Å². The first-order chi connectivity index (χ1) is 13.0. The van der Waals surface area contributed by atoms with Crippen LogP contribution in [-0.2, 0) is 14.8 Å².